The molecule has 8 nitrogen and oxygen atoms in total. The molecule has 1 amide bonds. The van der Waals surface area contributed by atoms with E-state index < -0.39 is 18.5 Å². The molecule has 2 N–H and O–H groups in total. The Kier molecular flexibility index (Phi) is 5.35. The van der Waals surface area contributed by atoms with Crippen LogP contribution in [0.3, 0.4) is 0 Å². The number of ether oxygens (including phenoxy) is 1. The van der Waals surface area contributed by atoms with Crippen LogP contribution in [0.1, 0.15) is 47.9 Å². The highest BCUT2D eigenvalue weighted by molar-refractivity contribution is 7.10. The van der Waals surface area contributed by atoms with Gasteiger partial charge in [0.2, 0.25) is 0 Å². The number of ketones is 2. The Morgan fingerprint density at radius 2 is 1.65 bits per heavy atom. The van der Waals surface area contributed by atoms with Crippen LogP contribution in [0.4, 0.5) is 10.7 Å². The van der Waals surface area contributed by atoms with Crippen LogP contribution in [0.25, 0.3) is 0 Å². The Balaban J connectivity index is 1.46. The van der Waals surface area contributed by atoms with Gasteiger partial charge in [0.1, 0.15) is 10.6 Å². The maximum absolute atomic E-state index is 12.8. The van der Waals surface area contributed by atoms with Crippen LogP contribution in [0, 0.1) is 6.92 Å². The van der Waals surface area contributed by atoms with E-state index in [1.807, 2.05) is 0 Å². The lowest BCUT2D eigenvalue weighted by Crippen LogP contribution is -2.23. The molecule has 9 heteroatoms. The number of carbonyl (C=O) groups is 4. The van der Waals surface area contributed by atoms with Gasteiger partial charge in [-0.2, -0.15) is 4.37 Å². The second-order valence-corrected chi connectivity index (χ2v) is 7.58. The molecule has 3 aromatic rings. The summed E-state index contributed by atoms with van der Waals surface area (Å²) in [5.74, 6) is -1.76. The first-order chi connectivity index (χ1) is 14.9. The fourth-order valence-electron chi connectivity index (χ4n) is 3.36. The number of aromatic nitrogens is 1. The van der Waals surface area contributed by atoms with Crippen LogP contribution < -0.4 is 10.6 Å². The third kappa shape index (κ3) is 3.71. The van der Waals surface area contributed by atoms with Gasteiger partial charge in [0.25, 0.3) is 5.91 Å². The van der Waals surface area contributed by atoms with E-state index in [2.05, 4.69) is 15.0 Å². The van der Waals surface area contributed by atoms with Crippen LogP contribution in [-0.4, -0.2) is 41.5 Å². The molecule has 0 radical (unpaired) electrons. The van der Waals surface area contributed by atoms with E-state index in [0.717, 1.165) is 11.5 Å². The summed E-state index contributed by atoms with van der Waals surface area (Å²) in [6.45, 7) is 1.17. The molecule has 1 aliphatic rings. The summed E-state index contributed by atoms with van der Waals surface area (Å²) in [5.41, 5.74) is 2.32. The van der Waals surface area contributed by atoms with Gasteiger partial charge in [-0.05, 0) is 36.7 Å². The van der Waals surface area contributed by atoms with Crippen molar-refractivity contribution in [2.75, 3.05) is 24.3 Å². The summed E-state index contributed by atoms with van der Waals surface area (Å²) in [7, 11) is 1.66. The average molecular weight is 435 g/mol. The standard InChI is InChI=1S/C22H17N3O5S/c1-11-18(21(23-2)31-25-11)22(29)30-10-17(26)24-12-7-8-15-16(9-12)20(28)14-6-4-3-5-13(14)19(15)27/h3-9,23H,10H2,1-2H3,(H,24,26). The Morgan fingerprint density at radius 3 is 2.32 bits per heavy atom. The fraction of sp³-hybridized carbons (Fsp3) is 0.136. The SMILES string of the molecule is CNc1snc(C)c1C(=O)OCC(=O)Nc1ccc2c(c1)C(=O)c1ccccc1C2=O. The quantitative estimate of drug-likeness (QED) is 0.463. The highest BCUT2D eigenvalue weighted by atomic mass is 32.1. The molecule has 0 saturated carbocycles. The number of nitrogens with one attached hydrogen (secondary N) is 2. The minimum absolute atomic E-state index is 0.220. The minimum Gasteiger partial charge on any atom is -0.452 e. The number of benzene rings is 2. The zero-order chi connectivity index (χ0) is 22.1. The van der Waals surface area contributed by atoms with Gasteiger partial charge in [0.05, 0.1) is 5.69 Å². The number of carbonyl (C=O) groups excluding carboxylic acids is 4. The summed E-state index contributed by atoms with van der Waals surface area (Å²) in [6, 6.07) is 11.1. The van der Waals surface area contributed by atoms with Crippen LogP contribution in [-0.2, 0) is 9.53 Å². The number of aryl methyl sites for hydroxylation is 1. The van der Waals surface area contributed by atoms with Gasteiger partial charge < -0.3 is 15.4 Å². The third-order valence-electron chi connectivity index (χ3n) is 4.84. The van der Waals surface area contributed by atoms with Crippen molar-refractivity contribution in [2.24, 2.45) is 0 Å². The molecule has 4 rings (SSSR count). The molecule has 1 aliphatic carbocycles. The molecule has 0 aliphatic heterocycles. The van der Waals surface area contributed by atoms with Crippen molar-refractivity contribution in [1.29, 1.82) is 0 Å². The number of hydrogen-bond acceptors (Lipinski definition) is 8. The van der Waals surface area contributed by atoms with E-state index in [1.54, 1.807) is 38.2 Å². The summed E-state index contributed by atoms with van der Waals surface area (Å²) >= 11 is 1.13. The van der Waals surface area contributed by atoms with E-state index in [1.165, 1.54) is 18.2 Å². The van der Waals surface area contributed by atoms with Crippen LogP contribution in [0.5, 0.6) is 0 Å². The molecule has 1 heterocycles. The van der Waals surface area contributed by atoms with Gasteiger partial charge in [-0.15, -0.1) is 0 Å². The first-order valence-corrected chi connectivity index (χ1v) is 10.1. The number of esters is 1. The van der Waals surface area contributed by atoms with E-state index in [-0.39, 0.29) is 28.3 Å². The number of fused-ring (bicyclic) bond motifs is 2. The van der Waals surface area contributed by atoms with Gasteiger partial charge in [-0.1, -0.05) is 24.3 Å². The number of amides is 1. The van der Waals surface area contributed by atoms with Crippen LogP contribution in [0.2, 0.25) is 0 Å². The minimum atomic E-state index is -0.659. The maximum Gasteiger partial charge on any atom is 0.343 e. The van der Waals surface area contributed by atoms with Gasteiger partial charge in [-0.3, -0.25) is 14.4 Å². The molecule has 0 bridgehead atoms. The van der Waals surface area contributed by atoms with Crippen molar-refractivity contribution in [2.45, 2.75) is 6.92 Å². The number of rotatable bonds is 5. The van der Waals surface area contributed by atoms with Crippen molar-refractivity contribution in [3.63, 3.8) is 0 Å². The molecule has 0 atom stereocenters. The smallest absolute Gasteiger partial charge is 0.343 e. The lowest BCUT2D eigenvalue weighted by atomic mass is 9.84. The molecule has 0 unspecified atom stereocenters. The summed E-state index contributed by atoms with van der Waals surface area (Å²) < 4.78 is 9.19. The number of anilines is 2. The van der Waals surface area contributed by atoms with Gasteiger partial charge in [-0.25, -0.2) is 4.79 Å². The van der Waals surface area contributed by atoms with E-state index >= 15 is 0 Å². The highest BCUT2D eigenvalue weighted by Crippen LogP contribution is 2.29. The Morgan fingerprint density at radius 1 is 1.00 bits per heavy atom. The van der Waals surface area contributed by atoms with Gasteiger partial charge in [0, 0.05) is 35.0 Å². The van der Waals surface area contributed by atoms with Crippen LogP contribution in [0.15, 0.2) is 42.5 Å². The van der Waals surface area contributed by atoms with Crippen molar-refractivity contribution in [1.82, 2.24) is 4.37 Å². The lowest BCUT2D eigenvalue weighted by Gasteiger charge is -2.18. The molecule has 0 fully saturated rings. The maximum atomic E-state index is 12.8. The van der Waals surface area contributed by atoms with E-state index in [9.17, 15) is 19.2 Å². The summed E-state index contributed by atoms with van der Waals surface area (Å²) in [5, 5.41) is 6.01. The monoisotopic (exact) mass is 435 g/mol. The zero-order valence-electron chi connectivity index (χ0n) is 16.6. The predicted molar refractivity (Wildman–Crippen MR) is 115 cm³/mol. The first-order valence-electron chi connectivity index (χ1n) is 9.34. The average Bonchev–Trinajstić information content (AvgIpc) is 3.16. The largest absolute Gasteiger partial charge is 0.452 e. The van der Waals surface area contributed by atoms with Crippen molar-refractivity contribution >= 4 is 45.7 Å². The van der Waals surface area contributed by atoms with E-state index in [4.69, 9.17) is 4.74 Å². The fourth-order valence-corrected chi connectivity index (χ4v) is 4.09. The summed E-state index contributed by atoms with van der Waals surface area (Å²) in [6.07, 6.45) is 0. The molecule has 0 saturated heterocycles. The normalized spacial score (nSPS) is 12.1. The third-order valence-corrected chi connectivity index (χ3v) is 5.79. The molecule has 0 spiro atoms. The molecular weight excluding hydrogens is 418 g/mol. The van der Waals surface area contributed by atoms with Gasteiger partial charge >= 0.3 is 5.97 Å². The number of hydrogen-bond donors (Lipinski definition) is 2. The molecular formula is C22H17N3O5S. The predicted octanol–water partition coefficient (Wildman–Crippen LogP) is 3.06. The Bertz CT molecular complexity index is 1250. The number of nitrogens with zero attached hydrogens (tertiary/aromatic N) is 1. The van der Waals surface area contributed by atoms with E-state index in [0.29, 0.717) is 27.5 Å². The second-order valence-electron chi connectivity index (χ2n) is 6.81. The topological polar surface area (TPSA) is 114 Å². The molecule has 156 valence electrons. The second kappa shape index (κ2) is 8.11. The van der Waals surface area contributed by atoms with Crippen LogP contribution >= 0.6 is 11.5 Å². The zero-order valence-corrected chi connectivity index (χ0v) is 17.5. The van der Waals surface area contributed by atoms with Gasteiger partial charge in [0.15, 0.2) is 18.2 Å². The highest BCUT2D eigenvalue weighted by Gasteiger charge is 2.29. The Hall–Kier alpha value is -3.85. The molecule has 2 aromatic carbocycles. The van der Waals surface area contributed by atoms with Crippen molar-refractivity contribution in [3.8, 4) is 0 Å². The van der Waals surface area contributed by atoms with Crippen molar-refractivity contribution < 1.29 is 23.9 Å². The molecule has 31 heavy (non-hydrogen) atoms. The van der Waals surface area contributed by atoms with Crippen molar-refractivity contribution in [3.05, 3.63) is 76.0 Å². The molecule has 1 aromatic heterocycles. The first kappa shape index (κ1) is 20.4. The Labute approximate surface area is 181 Å². The lowest BCUT2D eigenvalue weighted by molar-refractivity contribution is -0.119. The summed E-state index contributed by atoms with van der Waals surface area (Å²) in [4.78, 5) is 50.0.